The average Bonchev–Trinajstić information content (AvgIpc) is 2.81. The number of amides is 1. The number of rotatable bonds is 4. The van der Waals surface area contributed by atoms with Gasteiger partial charge in [-0.05, 0) is 12.8 Å². The predicted molar refractivity (Wildman–Crippen MR) is 68.1 cm³/mol. The molecule has 6 heteroatoms. The van der Waals surface area contributed by atoms with Gasteiger partial charge in [0.25, 0.3) is 0 Å². The Bertz CT molecular complexity index is 469. The van der Waals surface area contributed by atoms with E-state index in [1.165, 1.54) is 0 Å². The molecule has 1 aliphatic rings. The van der Waals surface area contributed by atoms with Crippen LogP contribution < -0.4 is 5.32 Å². The molecule has 2 N–H and O–H groups in total. The first-order valence-electron chi connectivity index (χ1n) is 6.56. The van der Waals surface area contributed by atoms with Crippen LogP contribution in [0.1, 0.15) is 31.2 Å². The molecule has 1 saturated carbocycles. The van der Waals surface area contributed by atoms with Crippen molar-refractivity contribution in [2.75, 3.05) is 0 Å². The first-order valence-corrected chi connectivity index (χ1v) is 6.56. The molecular weight excluding hydrogens is 246 g/mol. The molecule has 0 saturated heterocycles. The molecule has 1 aromatic rings. The molecule has 1 heterocycles. The van der Waals surface area contributed by atoms with Crippen LogP contribution in [0.3, 0.4) is 0 Å². The minimum Gasteiger partial charge on any atom is -0.481 e. The second-order valence-corrected chi connectivity index (χ2v) is 5.08. The normalized spacial score (nSPS) is 23.0. The van der Waals surface area contributed by atoms with Crippen molar-refractivity contribution in [3.05, 3.63) is 18.0 Å². The standard InChI is InChI=1S/C13H19N3O3/c1-16-8-9(7-15-16)6-14-12(17)10-4-2-3-5-11(10)13(18)19/h7-8,10-11H,2-6H2,1H3,(H,14,17)(H,18,19). The summed E-state index contributed by atoms with van der Waals surface area (Å²) in [6.07, 6.45) is 6.60. The molecule has 6 nitrogen and oxygen atoms in total. The first kappa shape index (κ1) is 13.6. The largest absolute Gasteiger partial charge is 0.481 e. The smallest absolute Gasteiger partial charge is 0.307 e. The highest BCUT2D eigenvalue weighted by atomic mass is 16.4. The van der Waals surface area contributed by atoms with E-state index >= 15 is 0 Å². The fourth-order valence-corrected chi connectivity index (χ4v) is 2.62. The van der Waals surface area contributed by atoms with E-state index in [1.54, 1.807) is 10.9 Å². The highest BCUT2D eigenvalue weighted by Crippen LogP contribution is 2.30. The van der Waals surface area contributed by atoms with Crippen molar-refractivity contribution in [1.82, 2.24) is 15.1 Å². The summed E-state index contributed by atoms with van der Waals surface area (Å²) in [5.41, 5.74) is 0.915. The summed E-state index contributed by atoms with van der Waals surface area (Å²) in [5, 5.41) is 16.0. The van der Waals surface area contributed by atoms with E-state index in [-0.39, 0.29) is 5.91 Å². The first-order chi connectivity index (χ1) is 9.08. The lowest BCUT2D eigenvalue weighted by atomic mass is 9.78. The van der Waals surface area contributed by atoms with Crippen LogP contribution in [0.25, 0.3) is 0 Å². The van der Waals surface area contributed by atoms with Crippen molar-refractivity contribution in [3.8, 4) is 0 Å². The summed E-state index contributed by atoms with van der Waals surface area (Å²) in [6, 6.07) is 0. The molecule has 1 fully saturated rings. The monoisotopic (exact) mass is 265 g/mol. The van der Waals surface area contributed by atoms with Crippen LogP contribution in [-0.2, 0) is 23.2 Å². The van der Waals surface area contributed by atoms with Crippen molar-refractivity contribution in [2.45, 2.75) is 32.2 Å². The summed E-state index contributed by atoms with van der Waals surface area (Å²) < 4.78 is 1.67. The molecule has 1 aromatic heterocycles. The number of carboxylic acids is 1. The zero-order valence-corrected chi connectivity index (χ0v) is 11.0. The Morgan fingerprint density at radius 1 is 1.42 bits per heavy atom. The lowest BCUT2D eigenvalue weighted by Crippen LogP contribution is -2.39. The summed E-state index contributed by atoms with van der Waals surface area (Å²) in [5.74, 6) is -1.96. The minimum atomic E-state index is -0.860. The topological polar surface area (TPSA) is 84.2 Å². The number of aliphatic carboxylic acids is 1. The highest BCUT2D eigenvalue weighted by molar-refractivity contribution is 5.84. The van der Waals surface area contributed by atoms with Gasteiger partial charge in [-0.25, -0.2) is 0 Å². The van der Waals surface area contributed by atoms with Crippen molar-refractivity contribution >= 4 is 11.9 Å². The fourth-order valence-electron chi connectivity index (χ4n) is 2.62. The summed E-state index contributed by atoms with van der Waals surface area (Å²) in [6.45, 7) is 0.398. The van der Waals surface area contributed by atoms with E-state index in [0.717, 1.165) is 18.4 Å². The van der Waals surface area contributed by atoms with Gasteiger partial charge in [-0.3, -0.25) is 14.3 Å². The lowest BCUT2D eigenvalue weighted by molar-refractivity contribution is -0.148. The van der Waals surface area contributed by atoms with E-state index < -0.39 is 17.8 Å². The highest BCUT2D eigenvalue weighted by Gasteiger charge is 2.35. The van der Waals surface area contributed by atoms with Crippen molar-refractivity contribution in [3.63, 3.8) is 0 Å². The van der Waals surface area contributed by atoms with E-state index in [4.69, 9.17) is 5.11 Å². The van der Waals surface area contributed by atoms with Gasteiger partial charge in [0.05, 0.1) is 18.0 Å². The lowest BCUT2D eigenvalue weighted by Gasteiger charge is -2.27. The second kappa shape index (κ2) is 5.86. The number of nitrogens with one attached hydrogen (secondary N) is 1. The Kier molecular flexibility index (Phi) is 4.19. The van der Waals surface area contributed by atoms with Crippen LogP contribution >= 0.6 is 0 Å². The van der Waals surface area contributed by atoms with Crippen molar-refractivity contribution < 1.29 is 14.7 Å². The number of aromatic nitrogens is 2. The summed E-state index contributed by atoms with van der Waals surface area (Å²) in [7, 11) is 1.81. The van der Waals surface area contributed by atoms with E-state index in [9.17, 15) is 9.59 Å². The van der Waals surface area contributed by atoms with Gasteiger partial charge in [-0.15, -0.1) is 0 Å². The second-order valence-electron chi connectivity index (χ2n) is 5.08. The van der Waals surface area contributed by atoms with Gasteiger partial charge < -0.3 is 10.4 Å². The van der Waals surface area contributed by atoms with Gasteiger partial charge in [0.1, 0.15) is 0 Å². The molecule has 1 aliphatic carbocycles. The zero-order chi connectivity index (χ0) is 13.8. The maximum absolute atomic E-state index is 12.1. The maximum atomic E-state index is 12.1. The van der Waals surface area contributed by atoms with Gasteiger partial charge in [-0.2, -0.15) is 5.10 Å². The third-order valence-corrected chi connectivity index (χ3v) is 3.65. The van der Waals surface area contributed by atoms with Crippen LogP contribution in [0.2, 0.25) is 0 Å². The Morgan fingerprint density at radius 2 is 2.11 bits per heavy atom. The number of carbonyl (C=O) groups excluding carboxylic acids is 1. The molecule has 0 radical (unpaired) electrons. The maximum Gasteiger partial charge on any atom is 0.307 e. The number of hydrogen-bond donors (Lipinski definition) is 2. The van der Waals surface area contributed by atoms with Crippen LogP contribution in [-0.4, -0.2) is 26.8 Å². The number of hydrogen-bond acceptors (Lipinski definition) is 3. The quantitative estimate of drug-likeness (QED) is 0.848. The van der Waals surface area contributed by atoms with Gasteiger partial charge in [0.15, 0.2) is 0 Å². The summed E-state index contributed by atoms with van der Waals surface area (Å²) >= 11 is 0. The average molecular weight is 265 g/mol. The molecule has 0 aromatic carbocycles. The van der Waals surface area contributed by atoms with Crippen molar-refractivity contribution in [2.24, 2.45) is 18.9 Å². The fraction of sp³-hybridized carbons (Fsp3) is 0.615. The van der Waals surface area contributed by atoms with Gasteiger partial charge in [0, 0.05) is 25.4 Å². The molecule has 2 rings (SSSR count). The Labute approximate surface area is 111 Å². The molecule has 0 spiro atoms. The number of nitrogens with zero attached hydrogens (tertiary/aromatic N) is 2. The summed E-state index contributed by atoms with van der Waals surface area (Å²) in [4.78, 5) is 23.2. The number of carbonyl (C=O) groups is 2. The van der Waals surface area contributed by atoms with Crippen molar-refractivity contribution in [1.29, 1.82) is 0 Å². The van der Waals surface area contributed by atoms with Crippen LogP contribution in [0.15, 0.2) is 12.4 Å². The van der Waals surface area contributed by atoms with Gasteiger partial charge in [-0.1, -0.05) is 12.8 Å². The third kappa shape index (κ3) is 3.33. The molecule has 104 valence electrons. The van der Waals surface area contributed by atoms with Crippen LogP contribution in [0, 0.1) is 11.8 Å². The SMILES string of the molecule is Cn1cc(CNC(=O)C2CCCCC2C(=O)O)cn1. The van der Waals surface area contributed by atoms with Crippen LogP contribution in [0.5, 0.6) is 0 Å². The van der Waals surface area contributed by atoms with Gasteiger partial charge >= 0.3 is 5.97 Å². The molecule has 19 heavy (non-hydrogen) atoms. The number of aryl methyl sites for hydroxylation is 1. The minimum absolute atomic E-state index is 0.157. The molecule has 2 atom stereocenters. The van der Waals surface area contributed by atoms with E-state index in [0.29, 0.717) is 19.4 Å². The Morgan fingerprint density at radius 3 is 2.68 bits per heavy atom. The Balaban J connectivity index is 1.92. The molecule has 1 amide bonds. The van der Waals surface area contributed by atoms with Crippen LogP contribution in [0.4, 0.5) is 0 Å². The van der Waals surface area contributed by atoms with Gasteiger partial charge in [0.2, 0.25) is 5.91 Å². The molecule has 2 unspecified atom stereocenters. The molecule has 0 bridgehead atoms. The number of carboxylic acid groups (broad SMARTS) is 1. The molecular formula is C13H19N3O3. The zero-order valence-electron chi connectivity index (χ0n) is 11.0. The van der Waals surface area contributed by atoms with E-state index in [1.807, 2.05) is 13.2 Å². The third-order valence-electron chi connectivity index (χ3n) is 3.65. The predicted octanol–water partition coefficient (Wildman–Crippen LogP) is 0.927. The molecule has 0 aliphatic heterocycles. The Hall–Kier alpha value is -1.85. The van der Waals surface area contributed by atoms with E-state index in [2.05, 4.69) is 10.4 Å².